The minimum absolute atomic E-state index is 0.121. The Morgan fingerprint density at radius 3 is 2.33 bits per heavy atom. The third kappa shape index (κ3) is 5.55. The quantitative estimate of drug-likeness (QED) is 0.487. The largest absolute Gasteiger partial charge is 0.486 e. The van der Waals surface area contributed by atoms with E-state index in [1.807, 2.05) is 6.07 Å². The topological polar surface area (TPSA) is 88.1 Å². The third-order valence-corrected chi connectivity index (χ3v) is 7.62. The molecule has 7 nitrogen and oxygen atoms in total. The number of aliphatic hydroxyl groups is 1. The van der Waals surface area contributed by atoms with Gasteiger partial charge in [-0.3, -0.25) is 14.5 Å². The van der Waals surface area contributed by atoms with Crippen molar-refractivity contribution < 1.29 is 28.6 Å². The molecule has 2 aromatic carbocycles. The van der Waals surface area contributed by atoms with Crippen molar-refractivity contribution in [3.05, 3.63) is 59.4 Å². The fourth-order valence-corrected chi connectivity index (χ4v) is 5.71. The van der Waals surface area contributed by atoms with Crippen molar-refractivity contribution in [1.29, 1.82) is 0 Å². The summed E-state index contributed by atoms with van der Waals surface area (Å²) in [7, 11) is 0. The van der Waals surface area contributed by atoms with Gasteiger partial charge in [0.15, 0.2) is 17.3 Å². The fourth-order valence-electron chi connectivity index (χ4n) is 5.71. The molecule has 192 valence electrons. The number of halogens is 1. The van der Waals surface area contributed by atoms with Crippen LogP contribution in [0.25, 0.3) is 0 Å². The highest BCUT2D eigenvalue weighted by Gasteiger charge is 2.41. The van der Waals surface area contributed by atoms with Gasteiger partial charge in [-0.05, 0) is 74.1 Å². The molecule has 2 saturated heterocycles. The minimum Gasteiger partial charge on any atom is -0.486 e. The molecule has 0 unspecified atom stereocenters. The first kappa shape index (κ1) is 24.7. The number of fused-ring (bicyclic) bond motifs is 3. The summed E-state index contributed by atoms with van der Waals surface area (Å²) < 4.78 is 24.4. The van der Waals surface area contributed by atoms with Crippen LogP contribution in [-0.2, 0) is 4.79 Å². The van der Waals surface area contributed by atoms with Crippen LogP contribution in [0.3, 0.4) is 0 Å². The van der Waals surface area contributed by atoms with E-state index in [1.54, 1.807) is 12.1 Å². The number of carbonyl (C=O) groups is 2. The lowest BCUT2D eigenvalue weighted by molar-refractivity contribution is -0.123. The van der Waals surface area contributed by atoms with E-state index >= 15 is 0 Å². The van der Waals surface area contributed by atoms with Crippen LogP contribution < -0.4 is 14.8 Å². The second kappa shape index (κ2) is 11.0. The standard InChI is InChI=1S/C28H33FN2O5/c29-20-7-4-18(5-8-20)24(32)2-1-3-27(33)30-23(17-31-21-9-10-22(31)12-11-21)28(34)19-6-13-25-26(16-19)36-15-14-35-25/h4-8,13,16,21-23,28,34H,1-3,9-12,14-15,17H2,(H,30,33)/t21?,22?,23-,28-/m1/s1. The van der Waals surface area contributed by atoms with Gasteiger partial charge in [0.05, 0.1) is 6.04 Å². The maximum absolute atomic E-state index is 13.1. The Kier molecular flexibility index (Phi) is 7.53. The monoisotopic (exact) mass is 496 g/mol. The molecule has 8 heteroatoms. The van der Waals surface area contributed by atoms with Crippen molar-refractivity contribution in [3.8, 4) is 11.5 Å². The van der Waals surface area contributed by atoms with Crippen molar-refractivity contribution in [3.63, 3.8) is 0 Å². The Hall–Kier alpha value is -2.97. The van der Waals surface area contributed by atoms with Crippen molar-refractivity contribution in [1.82, 2.24) is 10.2 Å². The maximum Gasteiger partial charge on any atom is 0.220 e. The van der Waals surface area contributed by atoms with Crippen LogP contribution in [0, 0.1) is 5.82 Å². The lowest BCUT2D eigenvalue weighted by Gasteiger charge is -2.32. The van der Waals surface area contributed by atoms with Gasteiger partial charge in [0, 0.05) is 37.0 Å². The molecule has 2 aromatic rings. The number of hydrogen-bond acceptors (Lipinski definition) is 6. The van der Waals surface area contributed by atoms with Gasteiger partial charge in [0.1, 0.15) is 25.1 Å². The Morgan fingerprint density at radius 1 is 0.972 bits per heavy atom. The molecule has 36 heavy (non-hydrogen) atoms. The molecule has 0 spiro atoms. The Bertz CT molecular complexity index is 1070. The summed E-state index contributed by atoms with van der Waals surface area (Å²) in [5.74, 6) is 0.545. The van der Waals surface area contributed by atoms with Gasteiger partial charge in [0.2, 0.25) is 5.91 Å². The van der Waals surface area contributed by atoms with Gasteiger partial charge < -0.3 is 19.9 Å². The van der Waals surface area contributed by atoms with Crippen LogP contribution in [0.5, 0.6) is 11.5 Å². The lowest BCUT2D eigenvalue weighted by atomic mass is 10.00. The van der Waals surface area contributed by atoms with Gasteiger partial charge in [-0.2, -0.15) is 0 Å². The molecule has 1 amide bonds. The highest BCUT2D eigenvalue weighted by molar-refractivity contribution is 5.96. The van der Waals surface area contributed by atoms with Crippen LogP contribution in [0.4, 0.5) is 4.39 Å². The molecule has 0 saturated carbocycles. The zero-order valence-corrected chi connectivity index (χ0v) is 20.3. The Labute approximate surface area is 210 Å². The SMILES string of the molecule is O=C(CCCC(=O)c1ccc(F)cc1)N[C@H](CN1C2CCC1CC2)[C@H](O)c1ccc2c(c1)OCCO2. The summed E-state index contributed by atoms with van der Waals surface area (Å²) in [6.07, 6.45) is 4.49. The molecular weight excluding hydrogens is 463 g/mol. The average Bonchev–Trinajstić information content (AvgIpc) is 3.47. The smallest absolute Gasteiger partial charge is 0.220 e. The number of aliphatic hydroxyl groups excluding tert-OH is 1. The normalized spacial score (nSPS) is 22.3. The summed E-state index contributed by atoms with van der Waals surface area (Å²) in [6.45, 7) is 1.53. The summed E-state index contributed by atoms with van der Waals surface area (Å²) in [5.41, 5.74) is 1.11. The van der Waals surface area contributed by atoms with E-state index in [-0.39, 0.29) is 30.3 Å². The molecule has 0 aromatic heterocycles. The maximum atomic E-state index is 13.1. The number of ether oxygens (including phenoxy) is 2. The molecule has 3 aliphatic rings. The lowest BCUT2D eigenvalue weighted by Crippen LogP contribution is -2.48. The van der Waals surface area contributed by atoms with Crippen molar-refractivity contribution in [2.75, 3.05) is 19.8 Å². The molecule has 2 fully saturated rings. The number of nitrogens with one attached hydrogen (secondary N) is 1. The summed E-state index contributed by atoms with van der Waals surface area (Å²) in [4.78, 5) is 27.7. The van der Waals surface area contributed by atoms with E-state index in [0.717, 1.165) is 25.7 Å². The number of rotatable bonds is 10. The van der Waals surface area contributed by atoms with Crippen LogP contribution in [0.15, 0.2) is 42.5 Å². The number of carbonyl (C=O) groups excluding carboxylic acids is 2. The number of nitrogens with zero attached hydrogens (tertiary/aromatic N) is 1. The van der Waals surface area contributed by atoms with Gasteiger partial charge in [0.25, 0.3) is 0 Å². The highest BCUT2D eigenvalue weighted by atomic mass is 19.1. The van der Waals surface area contributed by atoms with E-state index in [2.05, 4.69) is 10.2 Å². The molecule has 0 radical (unpaired) electrons. The van der Waals surface area contributed by atoms with Crippen LogP contribution >= 0.6 is 0 Å². The molecule has 5 rings (SSSR count). The number of ketones is 1. The van der Waals surface area contributed by atoms with E-state index in [4.69, 9.17) is 9.47 Å². The minimum atomic E-state index is -0.911. The van der Waals surface area contributed by atoms with E-state index in [0.29, 0.717) is 60.9 Å². The number of hydrogen-bond donors (Lipinski definition) is 2. The van der Waals surface area contributed by atoms with E-state index in [9.17, 15) is 19.1 Å². The molecule has 0 aliphatic carbocycles. The zero-order valence-electron chi connectivity index (χ0n) is 20.3. The average molecular weight is 497 g/mol. The summed E-state index contributed by atoms with van der Waals surface area (Å²) in [5, 5.41) is 14.4. The van der Waals surface area contributed by atoms with Gasteiger partial charge >= 0.3 is 0 Å². The van der Waals surface area contributed by atoms with Crippen molar-refractivity contribution >= 4 is 11.7 Å². The second-order valence-electron chi connectivity index (χ2n) is 9.96. The fraction of sp³-hybridized carbons (Fsp3) is 0.500. The van der Waals surface area contributed by atoms with Crippen molar-refractivity contribution in [2.24, 2.45) is 0 Å². The molecule has 2 atom stereocenters. The van der Waals surface area contributed by atoms with Crippen LogP contribution in [0.1, 0.15) is 67.0 Å². The Morgan fingerprint density at radius 2 is 1.64 bits per heavy atom. The molecular formula is C28H33FN2O5. The third-order valence-electron chi connectivity index (χ3n) is 7.62. The molecule has 2 bridgehead atoms. The van der Waals surface area contributed by atoms with Gasteiger partial charge in [-0.15, -0.1) is 0 Å². The molecule has 3 heterocycles. The van der Waals surface area contributed by atoms with E-state index in [1.165, 1.54) is 24.3 Å². The number of Topliss-reactive ketones (excluding diaryl/α,β-unsaturated/α-hetero) is 1. The highest BCUT2D eigenvalue weighted by Crippen LogP contribution is 2.39. The number of amides is 1. The Balaban J connectivity index is 1.22. The van der Waals surface area contributed by atoms with Gasteiger partial charge in [-0.1, -0.05) is 6.07 Å². The first-order valence-corrected chi connectivity index (χ1v) is 12.9. The van der Waals surface area contributed by atoms with Gasteiger partial charge in [-0.25, -0.2) is 4.39 Å². The first-order valence-electron chi connectivity index (χ1n) is 12.9. The van der Waals surface area contributed by atoms with E-state index < -0.39 is 12.1 Å². The van der Waals surface area contributed by atoms with Crippen LogP contribution in [0.2, 0.25) is 0 Å². The van der Waals surface area contributed by atoms with Crippen LogP contribution in [-0.4, -0.2) is 59.6 Å². The summed E-state index contributed by atoms with van der Waals surface area (Å²) in [6, 6.07) is 11.4. The zero-order chi connectivity index (χ0) is 25.1. The van der Waals surface area contributed by atoms with Crippen molar-refractivity contribution in [2.45, 2.75) is 69.2 Å². The molecule has 2 N–H and O–H groups in total. The predicted octanol–water partition coefficient (Wildman–Crippen LogP) is 3.80. The number of benzene rings is 2. The summed E-state index contributed by atoms with van der Waals surface area (Å²) >= 11 is 0. The second-order valence-corrected chi connectivity index (χ2v) is 9.96. The predicted molar refractivity (Wildman–Crippen MR) is 132 cm³/mol. The molecule has 3 aliphatic heterocycles. The first-order chi connectivity index (χ1) is 17.5.